The largest absolute Gasteiger partial charge is 0.469 e. The summed E-state index contributed by atoms with van der Waals surface area (Å²) < 4.78 is 75.7. The van der Waals surface area contributed by atoms with E-state index in [1.807, 2.05) is 0 Å². The molecule has 1 N–H and O–H groups in total. The number of carbonyl (C=O) groups excluding carboxylic acids is 3. The third-order valence-electron chi connectivity index (χ3n) is 6.51. The predicted molar refractivity (Wildman–Crippen MR) is 139 cm³/mol. The van der Waals surface area contributed by atoms with E-state index in [0.29, 0.717) is 11.1 Å². The van der Waals surface area contributed by atoms with Gasteiger partial charge in [0.2, 0.25) is 0 Å². The molecule has 2 amide bonds. The van der Waals surface area contributed by atoms with E-state index in [1.165, 1.54) is 30.3 Å². The molecular weight excluding hydrogens is 553 g/mol. The molecular formula is C27H31F3N2O7S. The Kier molecular flexibility index (Phi) is 8.31. The van der Waals surface area contributed by atoms with Gasteiger partial charge in [-0.25, -0.2) is 13.2 Å². The third kappa shape index (κ3) is 6.57. The van der Waals surface area contributed by atoms with Crippen molar-refractivity contribution < 1.29 is 45.4 Å². The number of nitrogens with one attached hydrogen (secondary N) is 1. The van der Waals surface area contributed by atoms with E-state index in [0.717, 1.165) is 37.3 Å². The quantitative estimate of drug-likeness (QED) is 0.480. The number of sulfone groups is 1. The first kappa shape index (κ1) is 30.9. The topological polar surface area (TPSA) is 119 Å². The minimum Gasteiger partial charge on any atom is -0.469 e. The number of hydrogen-bond donors (Lipinski definition) is 1. The van der Waals surface area contributed by atoms with Gasteiger partial charge in [-0.2, -0.15) is 13.2 Å². The predicted octanol–water partition coefficient (Wildman–Crippen LogP) is 4.90. The summed E-state index contributed by atoms with van der Waals surface area (Å²) in [5.74, 6) is -1.71. The van der Waals surface area contributed by atoms with E-state index in [2.05, 4.69) is 10.1 Å². The standard InChI is InChI=1S/C27H31F3N2O7S/c1-25(2,3)39-24(35)32-15-16-13-19(40(6,36)37)11-12-20(16)22(32)23(34)31-18-9-7-17(8-10-18)26(4,27(28,29)30)14-21(33)38-5/h7-13,22H,14-15H2,1-6H3,(H,31,34). The molecule has 0 radical (unpaired) electrons. The number of esters is 1. The smallest absolute Gasteiger partial charge is 0.411 e. The zero-order valence-electron chi connectivity index (χ0n) is 22.9. The van der Waals surface area contributed by atoms with Crippen LogP contribution in [0.15, 0.2) is 47.4 Å². The molecule has 0 saturated carbocycles. The van der Waals surface area contributed by atoms with Crippen LogP contribution >= 0.6 is 0 Å². The fourth-order valence-corrected chi connectivity index (χ4v) is 4.96. The molecule has 40 heavy (non-hydrogen) atoms. The van der Waals surface area contributed by atoms with Crippen molar-refractivity contribution in [3.8, 4) is 0 Å². The molecule has 0 saturated heterocycles. The molecule has 9 nitrogen and oxygen atoms in total. The Morgan fingerprint density at radius 3 is 2.12 bits per heavy atom. The zero-order chi connectivity index (χ0) is 30.3. The second kappa shape index (κ2) is 10.8. The van der Waals surface area contributed by atoms with Crippen LogP contribution in [0.2, 0.25) is 0 Å². The number of benzene rings is 2. The van der Waals surface area contributed by atoms with Crippen molar-refractivity contribution in [1.82, 2.24) is 4.90 Å². The van der Waals surface area contributed by atoms with Crippen LogP contribution in [0.4, 0.5) is 23.7 Å². The SMILES string of the molecule is COC(=O)CC(C)(c1ccc(NC(=O)C2c3ccc(S(C)(=O)=O)cc3CN2C(=O)OC(C)(C)C)cc1)C(F)(F)F. The first-order valence-corrected chi connectivity index (χ1v) is 14.0. The maximum atomic E-state index is 13.9. The van der Waals surface area contributed by atoms with Crippen molar-refractivity contribution in [3.05, 3.63) is 59.2 Å². The lowest BCUT2D eigenvalue weighted by atomic mass is 9.78. The van der Waals surface area contributed by atoms with Crippen LogP contribution in [-0.4, -0.2) is 56.4 Å². The van der Waals surface area contributed by atoms with Crippen LogP contribution < -0.4 is 5.32 Å². The van der Waals surface area contributed by atoms with Crippen LogP contribution in [-0.2, 0) is 40.9 Å². The number of hydrogen-bond acceptors (Lipinski definition) is 7. The van der Waals surface area contributed by atoms with Crippen LogP contribution in [0.3, 0.4) is 0 Å². The lowest BCUT2D eigenvalue weighted by Crippen LogP contribution is -2.41. The molecule has 3 rings (SSSR count). The Balaban J connectivity index is 1.94. The summed E-state index contributed by atoms with van der Waals surface area (Å²) in [7, 11) is -2.56. The Morgan fingerprint density at radius 2 is 1.62 bits per heavy atom. The summed E-state index contributed by atoms with van der Waals surface area (Å²) in [6.45, 7) is 5.75. The van der Waals surface area contributed by atoms with Crippen LogP contribution in [0.1, 0.15) is 56.8 Å². The van der Waals surface area contributed by atoms with Crippen molar-refractivity contribution in [2.75, 3.05) is 18.7 Å². The Bertz CT molecular complexity index is 1420. The highest BCUT2D eigenvalue weighted by molar-refractivity contribution is 7.90. The van der Waals surface area contributed by atoms with E-state index in [9.17, 15) is 36.0 Å². The number of amides is 2. The number of fused-ring (bicyclic) bond motifs is 1. The number of rotatable bonds is 6. The molecule has 2 aromatic carbocycles. The molecule has 2 unspecified atom stereocenters. The lowest BCUT2D eigenvalue weighted by Gasteiger charge is -2.31. The summed E-state index contributed by atoms with van der Waals surface area (Å²) in [5.41, 5.74) is -2.66. The highest BCUT2D eigenvalue weighted by Gasteiger charge is 2.53. The van der Waals surface area contributed by atoms with E-state index in [-0.39, 0.29) is 22.7 Å². The van der Waals surface area contributed by atoms with Crippen molar-refractivity contribution >= 4 is 33.5 Å². The van der Waals surface area contributed by atoms with Crippen molar-refractivity contribution in [2.24, 2.45) is 0 Å². The maximum absolute atomic E-state index is 13.9. The van der Waals surface area contributed by atoms with Crippen molar-refractivity contribution in [3.63, 3.8) is 0 Å². The van der Waals surface area contributed by atoms with Gasteiger partial charge in [-0.3, -0.25) is 14.5 Å². The molecule has 1 heterocycles. The molecule has 13 heteroatoms. The Morgan fingerprint density at radius 1 is 1.02 bits per heavy atom. The van der Waals surface area contributed by atoms with E-state index in [4.69, 9.17) is 4.74 Å². The van der Waals surface area contributed by atoms with Crippen LogP contribution in [0.5, 0.6) is 0 Å². The van der Waals surface area contributed by atoms with E-state index >= 15 is 0 Å². The van der Waals surface area contributed by atoms with Crippen molar-refractivity contribution in [1.29, 1.82) is 0 Å². The van der Waals surface area contributed by atoms with Crippen LogP contribution in [0, 0.1) is 0 Å². The number of anilines is 1. The number of nitrogens with zero attached hydrogens (tertiary/aromatic N) is 1. The van der Waals surface area contributed by atoms with Gasteiger partial charge in [-0.1, -0.05) is 18.2 Å². The summed E-state index contributed by atoms with van der Waals surface area (Å²) in [5, 5.41) is 2.61. The first-order chi connectivity index (χ1) is 18.3. The first-order valence-electron chi connectivity index (χ1n) is 12.1. The number of halogens is 3. The number of methoxy groups -OCH3 is 1. The lowest BCUT2D eigenvalue weighted by molar-refractivity contribution is -0.193. The van der Waals surface area contributed by atoms with E-state index < -0.39 is 57.5 Å². The fourth-order valence-electron chi connectivity index (χ4n) is 4.29. The van der Waals surface area contributed by atoms with Gasteiger partial charge in [0.15, 0.2) is 9.84 Å². The molecule has 1 aliphatic rings. The third-order valence-corrected chi connectivity index (χ3v) is 7.62. The normalized spacial score (nSPS) is 17.0. The molecule has 0 aliphatic carbocycles. The minimum absolute atomic E-state index is 0.0201. The van der Waals surface area contributed by atoms with E-state index in [1.54, 1.807) is 20.8 Å². The fraction of sp³-hybridized carbons (Fsp3) is 0.444. The second-order valence-corrected chi connectivity index (χ2v) is 12.8. The highest BCUT2D eigenvalue weighted by Crippen LogP contribution is 2.44. The Hall–Kier alpha value is -3.61. The van der Waals surface area contributed by atoms with Gasteiger partial charge < -0.3 is 14.8 Å². The summed E-state index contributed by atoms with van der Waals surface area (Å²) in [6, 6.07) is 7.80. The molecule has 0 bridgehead atoms. The van der Waals surface area contributed by atoms with Gasteiger partial charge >= 0.3 is 18.2 Å². The zero-order valence-corrected chi connectivity index (χ0v) is 23.7. The average Bonchev–Trinajstić information content (AvgIpc) is 3.21. The number of ether oxygens (including phenoxy) is 2. The van der Waals surface area contributed by atoms with Gasteiger partial charge in [0, 0.05) is 11.9 Å². The molecule has 2 atom stereocenters. The molecule has 0 spiro atoms. The summed E-state index contributed by atoms with van der Waals surface area (Å²) >= 11 is 0. The van der Waals surface area contributed by atoms with Crippen LogP contribution in [0.25, 0.3) is 0 Å². The summed E-state index contributed by atoms with van der Waals surface area (Å²) in [6.07, 6.45) is -5.46. The number of carbonyl (C=O) groups is 3. The Labute approximate surface area is 230 Å². The minimum atomic E-state index is -4.77. The van der Waals surface area contributed by atoms with Gasteiger partial charge in [0.1, 0.15) is 11.6 Å². The molecule has 0 fully saturated rings. The average molecular weight is 585 g/mol. The molecule has 2 aromatic rings. The molecule has 218 valence electrons. The van der Waals surface area contributed by atoms with Gasteiger partial charge in [-0.05, 0) is 68.7 Å². The second-order valence-electron chi connectivity index (χ2n) is 10.8. The molecule has 1 aliphatic heterocycles. The van der Waals surface area contributed by atoms with Gasteiger partial charge in [0.25, 0.3) is 5.91 Å². The van der Waals surface area contributed by atoms with Gasteiger partial charge in [0.05, 0.1) is 30.4 Å². The van der Waals surface area contributed by atoms with Crippen molar-refractivity contribution in [2.45, 2.75) is 68.8 Å². The summed E-state index contributed by atoms with van der Waals surface area (Å²) in [4.78, 5) is 39.3. The molecule has 0 aromatic heterocycles. The monoisotopic (exact) mass is 584 g/mol. The maximum Gasteiger partial charge on any atom is 0.411 e. The van der Waals surface area contributed by atoms with Gasteiger partial charge in [-0.15, -0.1) is 0 Å². The number of alkyl halides is 3. The highest BCUT2D eigenvalue weighted by atomic mass is 32.2.